The summed E-state index contributed by atoms with van der Waals surface area (Å²) in [7, 11) is 0. The van der Waals surface area contributed by atoms with Gasteiger partial charge in [-0.05, 0) is 49.6 Å². The van der Waals surface area contributed by atoms with Gasteiger partial charge in [0.25, 0.3) is 0 Å². The summed E-state index contributed by atoms with van der Waals surface area (Å²) in [5, 5.41) is 2.89. The van der Waals surface area contributed by atoms with E-state index in [4.69, 9.17) is 10.5 Å². The monoisotopic (exact) mass is 334 g/mol. The van der Waals surface area contributed by atoms with Crippen LogP contribution in [-0.4, -0.2) is 12.5 Å². The van der Waals surface area contributed by atoms with Gasteiger partial charge in [-0.25, -0.2) is 0 Å². The van der Waals surface area contributed by atoms with E-state index >= 15 is 0 Å². The van der Waals surface area contributed by atoms with Crippen molar-refractivity contribution in [2.75, 3.05) is 17.7 Å². The lowest BCUT2D eigenvalue weighted by molar-refractivity contribution is -0.116. The Morgan fingerprint density at radius 1 is 1.13 bits per heavy atom. The number of carbonyl (C=O) groups excluding carboxylic acids is 1. The molecule has 0 radical (unpaired) electrons. The maximum atomic E-state index is 11.9. The molecule has 0 atom stereocenters. The highest BCUT2D eigenvalue weighted by Crippen LogP contribution is 2.19. The molecule has 2 aromatic carbocycles. The summed E-state index contributed by atoms with van der Waals surface area (Å²) in [6.45, 7) is 4.47. The molecule has 3 N–H and O–H groups in total. The van der Waals surface area contributed by atoms with Gasteiger partial charge in [0.1, 0.15) is 5.75 Å². The lowest BCUT2D eigenvalue weighted by atomic mass is 10.1. The molecule has 0 saturated carbocycles. The maximum absolute atomic E-state index is 11.9. The lowest BCUT2D eigenvalue weighted by Crippen LogP contribution is -2.14. The molecule has 0 aliphatic carbocycles. The Morgan fingerprint density at radius 3 is 2.61 bits per heavy atom. The topological polar surface area (TPSA) is 64.3 Å². The predicted molar refractivity (Wildman–Crippen MR) is 97.4 cm³/mol. The number of nitrogens with one attached hydrogen (secondary N) is 1. The number of hydrogen-bond acceptors (Lipinski definition) is 3. The van der Waals surface area contributed by atoms with E-state index in [1.807, 2.05) is 50.2 Å². The van der Waals surface area contributed by atoms with Crippen LogP contribution in [0.5, 0.6) is 5.75 Å². The third-order valence-electron chi connectivity index (χ3n) is 3.44. The van der Waals surface area contributed by atoms with E-state index in [1.165, 1.54) is 0 Å². The van der Waals surface area contributed by atoms with Gasteiger partial charge >= 0.3 is 0 Å². The maximum Gasteiger partial charge on any atom is 0.224 e. The average Bonchev–Trinajstić information content (AvgIpc) is 2.49. The molecule has 0 spiro atoms. The Kier molecular flexibility index (Phi) is 7.42. The minimum atomic E-state index is -0.0258. The van der Waals surface area contributed by atoms with Gasteiger partial charge < -0.3 is 15.8 Å². The summed E-state index contributed by atoms with van der Waals surface area (Å²) in [6, 6.07) is 13.3. The van der Waals surface area contributed by atoms with Crippen LogP contribution in [0.1, 0.15) is 24.0 Å². The summed E-state index contributed by atoms with van der Waals surface area (Å²) in [5.74, 6) is 0.844. The minimum absolute atomic E-state index is 0. The summed E-state index contributed by atoms with van der Waals surface area (Å²) in [6.07, 6.45) is 1.08. The quantitative estimate of drug-likeness (QED) is 0.617. The first-order chi connectivity index (χ1) is 10.6. The number of benzene rings is 2. The molecule has 1 amide bonds. The first-order valence-corrected chi connectivity index (χ1v) is 7.40. The summed E-state index contributed by atoms with van der Waals surface area (Å²) < 4.78 is 5.68. The van der Waals surface area contributed by atoms with Crippen LogP contribution in [0.2, 0.25) is 0 Å². The second-order valence-corrected chi connectivity index (χ2v) is 5.34. The fourth-order valence-corrected chi connectivity index (χ4v) is 2.12. The molecule has 0 unspecified atom stereocenters. The number of halogens is 1. The van der Waals surface area contributed by atoms with Crippen molar-refractivity contribution in [1.29, 1.82) is 0 Å². The van der Waals surface area contributed by atoms with Crippen LogP contribution in [0.25, 0.3) is 0 Å². The van der Waals surface area contributed by atoms with E-state index in [2.05, 4.69) is 5.32 Å². The van der Waals surface area contributed by atoms with E-state index in [1.54, 1.807) is 6.07 Å². The molecule has 5 heteroatoms. The zero-order valence-electron chi connectivity index (χ0n) is 13.5. The van der Waals surface area contributed by atoms with Crippen molar-refractivity contribution in [2.45, 2.75) is 26.7 Å². The SMILES string of the molecule is Cc1ccc(N)cc1NC(=O)CCCOc1ccccc1C.Cl. The number of hydrogen-bond donors (Lipinski definition) is 2. The molecular weight excluding hydrogens is 312 g/mol. The summed E-state index contributed by atoms with van der Waals surface area (Å²) in [4.78, 5) is 11.9. The Bertz CT molecular complexity index is 659. The zero-order chi connectivity index (χ0) is 15.9. The Hall–Kier alpha value is -2.20. The minimum Gasteiger partial charge on any atom is -0.493 e. The van der Waals surface area contributed by atoms with Gasteiger partial charge in [0.2, 0.25) is 5.91 Å². The number of aryl methyl sites for hydroxylation is 2. The second-order valence-electron chi connectivity index (χ2n) is 5.34. The van der Waals surface area contributed by atoms with Crippen molar-refractivity contribution in [3.8, 4) is 5.75 Å². The van der Waals surface area contributed by atoms with E-state index in [0.717, 1.165) is 22.6 Å². The van der Waals surface area contributed by atoms with Crippen LogP contribution in [0.4, 0.5) is 11.4 Å². The van der Waals surface area contributed by atoms with Gasteiger partial charge in [-0.2, -0.15) is 0 Å². The molecule has 2 rings (SSSR count). The number of rotatable bonds is 6. The molecule has 2 aromatic rings. The molecule has 0 bridgehead atoms. The molecule has 4 nitrogen and oxygen atoms in total. The Labute approximate surface area is 143 Å². The van der Waals surface area contributed by atoms with E-state index in [-0.39, 0.29) is 18.3 Å². The average molecular weight is 335 g/mol. The molecule has 23 heavy (non-hydrogen) atoms. The number of carbonyl (C=O) groups is 1. The summed E-state index contributed by atoms with van der Waals surface area (Å²) >= 11 is 0. The zero-order valence-corrected chi connectivity index (χ0v) is 14.3. The van der Waals surface area contributed by atoms with Crippen molar-refractivity contribution in [3.63, 3.8) is 0 Å². The molecule has 0 aliphatic rings. The van der Waals surface area contributed by atoms with Crippen LogP contribution >= 0.6 is 12.4 Å². The molecule has 0 aromatic heterocycles. The first-order valence-electron chi connectivity index (χ1n) is 7.40. The van der Waals surface area contributed by atoms with Gasteiger partial charge in [0.15, 0.2) is 0 Å². The van der Waals surface area contributed by atoms with Crippen LogP contribution in [0, 0.1) is 13.8 Å². The summed E-state index contributed by atoms with van der Waals surface area (Å²) in [5.41, 5.74) is 9.24. The molecule has 0 heterocycles. The van der Waals surface area contributed by atoms with Gasteiger partial charge in [-0.15, -0.1) is 12.4 Å². The fourth-order valence-electron chi connectivity index (χ4n) is 2.12. The molecule has 0 fully saturated rings. The number of anilines is 2. The van der Waals surface area contributed by atoms with Crippen LogP contribution in [-0.2, 0) is 4.79 Å². The van der Waals surface area contributed by atoms with Gasteiger partial charge in [-0.1, -0.05) is 24.3 Å². The normalized spacial score (nSPS) is 9.83. The lowest BCUT2D eigenvalue weighted by Gasteiger charge is -2.10. The number of para-hydroxylation sites is 1. The standard InChI is InChI=1S/C18H22N2O2.ClH/c1-13-9-10-15(19)12-16(13)20-18(21)8-5-11-22-17-7-4-3-6-14(17)2;/h3-4,6-7,9-10,12H,5,8,11,19H2,1-2H3,(H,20,21);1H. The number of ether oxygens (including phenoxy) is 1. The third-order valence-corrected chi connectivity index (χ3v) is 3.44. The van der Waals surface area contributed by atoms with Crippen LogP contribution in [0.3, 0.4) is 0 Å². The highest BCUT2D eigenvalue weighted by molar-refractivity contribution is 5.92. The number of amides is 1. The second kappa shape index (κ2) is 9.06. The first kappa shape index (κ1) is 18.8. The smallest absolute Gasteiger partial charge is 0.224 e. The van der Waals surface area contributed by atoms with E-state index in [9.17, 15) is 4.79 Å². The Morgan fingerprint density at radius 2 is 1.87 bits per heavy atom. The predicted octanol–water partition coefficient (Wildman–Crippen LogP) is 4.11. The molecular formula is C18H23ClN2O2. The van der Waals surface area contributed by atoms with E-state index in [0.29, 0.717) is 25.1 Å². The highest BCUT2D eigenvalue weighted by atomic mass is 35.5. The number of nitrogen functional groups attached to an aromatic ring is 1. The van der Waals surface area contributed by atoms with Gasteiger partial charge in [0, 0.05) is 17.8 Å². The van der Waals surface area contributed by atoms with Crippen LogP contribution < -0.4 is 15.8 Å². The fraction of sp³-hybridized carbons (Fsp3) is 0.278. The van der Waals surface area contributed by atoms with Gasteiger partial charge in [0.05, 0.1) is 6.61 Å². The van der Waals surface area contributed by atoms with Crippen molar-refractivity contribution in [3.05, 3.63) is 53.6 Å². The van der Waals surface area contributed by atoms with Crippen molar-refractivity contribution >= 4 is 29.7 Å². The van der Waals surface area contributed by atoms with Crippen molar-refractivity contribution in [2.24, 2.45) is 0 Å². The van der Waals surface area contributed by atoms with E-state index < -0.39 is 0 Å². The van der Waals surface area contributed by atoms with Crippen molar-refractivity contribution in [1.82, 2.24) is 0 Å². The highest BCUT2D eigenvalue weighted by Gasteiger charge is 2.06. The van der Waals surface area contributed by atoms with Crippen molar-refractivity contribution < 1.29 is 9.53 Å². The molecule has 0 saturated heterocycles. The van der Waals surface area contributed by atoms with Gasteiger partial charge in [-0.3, -0.25) is 4.79 Å². The molecule has 124 valence electrons. The number of nitrogens with two attached hydrogens (primary N) is 1. The van der Waals surface area contributed by atoms with Crippen LogP contribution in [0.15, 0.2) is 42.5 Å². The molecule has 0 aliphatic heterocycles. The third kappa shape index (κ3) is 5.83. The Balaban J connectivity index is 0.00000264. The largest absolute Gasteiger partial charge is 0.493 e.